The maximum absolute atomic E-state index is 12.5. The van der Waals surface area contributed by atoms with E-state index in [2.05, 4.69) is 66.4 Å². The van der Waals surface area contributed by atoms with Crippen LogP contribution in [0.2, 0.25) is 0 Å². The molecule has 1 fully saturated rings. The standard InChI is InChI=1S/C32H28N8O.C2HF3O2/c41-32-26-18-25(22-4-2-1-3-5-22)29(36-27(26)10-13-35-32)23-8-6-21(7-9-23)20-40-16-11-24(12-17-40)30-37-31(39-38-30)28-19-33-14-15-34-28;3-2(4,5)1(6)7/h1-10,13-15,18-19,24H,11-12,16-17,20H2,(H,35,41)(H,37,38,39);(H,6,7). The second kappa shape index (κ2) is 13.9. The SMILES string of the molecule is O=C(O)C(F)(F)F.O=c1[nH]ccc2nc(-c3ccc(CN4CCC(c5nc(-c6cnccn6)n[nH]5)CC4)cc3)c(-c3ccccc3)cc12. The molecule has 3 N–H and O–H groups in total. The van der Waals surface area contributed by atoms with Gasteiger partial charge in [0.25, 0.3) is 5.56 Å². The Morgan fingerprint density at radius 3 is 2.35 bits per heavy atom. The lowest BCUT2D eigenvalue weighted by Crippen LogP contribution is -2.32. The third-order valence-corrected chi connectivity index (χ3v) is 7.98. The first-order valence-corrected chi connectivity index (χ1v) is 15.0. The third-order valence-electron chi connectivity index (χ3n) is 7.98. The van der Waals surface area contributed by atoms with Gasteiger partial charge in [0.15, 0.2) is 0 Å². The van der Waals surface area contributed by atoms with Crippen LogP contribution in [-0.2, 0) is 11.3 Å². The molecule has 0 atom stereocenters. The summed E-state index contributed by atoms with van der Waals surface area (Å²) < 4.78 is 31.7. The first-order chi connectivity index (χ1) is 23.2. The Bertz CT molecular complexity index is 2060. The summed E-state index contributed by atoms with van der Waals surface area (Å²) in [6, 6.07) is 22.5. The fraction of sp³-hybridized carbons (Fsp3) is 0.206. The molecule has 1 saturated heterocycles. The van der Waals surface area contributed by atoms with Crippen LogP contribution < -0.4 is 5.56 Å². The average Bonchev–Trinajstić information content (AvgIpc) is 3.60. The number of nitrogens with one attached hydrogen (secondary N) is 2. The Labute approximate surface area is 271 Å². The number of carboxylic acid groups (broad SMARTS) is 1. The Hall–Kier alpha value is -5.76. The number of aliphatic carboxylic acids is 1. The number of halogens is 3. The number of benzene rings is 2. The van der Waals surface area contributed by atoms with Crippen LogP contribution in [0.15, 0.2) is 96.3 Å². The van der Waals surface area contributed by atoms with E-state index < -0.39 is 12.1 Å². The van der Waals surface area contributed by atoms with Crippen LogP contribution in [0.25, 0.3) is 44.8 Å². The van der Waals surface area contributed by atoms with Crippen LogP contribution in [0.5, 0.6) is 0 Å². The molecule has 7 rings (SSSR count). The van der Waals surface area contributed by atoms with E-state index in [4.69, 9.17) is 19.9 Å². The Balaban J connectivity index is 0.000000519. The van der Waals surface area contributed by atoms with Gasteiger partial charge in [0.2, 0.25) is 5.82 Å². The molecule has 0 amide bonds. The number of aromatic amines is 2. The van der Waals surface area contributed by atoms with E-state index >= 15 is 0 Å². The number of alkyl halides is 3. The highest BCUT2D eigenvalue weighted by molar-refractivity contribution is 5.91. The van der Waals surface area contributed by atoms with Crippen molar-refractivity contribution >= 4 is 16.9 Å². The van der Waals surface area contributed by atoms with Gasteiger partial charge < -0.3 is 10.1 Å². The molecule has 4 aromatic heterocycles. The molecule has 1 aliphatic heterocycles. The van der Waals surface area contributed by atoms with E-state index in [1.54, 1.807) is 24.8 Å². The number of hydrogen-bond donors (Lipinski definition) is 3. The Kier molecular flexibility index (Phi) is 9.34. The van der Waals surface area contributed by atoms with Gasteiger partial charge in [0, 0.05) is 42.2 Å². The van der Waals surface area contributed by atoms with Gasteiger partial charge in [-0.2, -0.15) is 18.3 Å². The molecule has 48 heavy (non-hydrogen) atoms. The summed E-state index contributed by atoms with van der Waals surface area (Å²) in [4.78, 5) is 44.7. The zero-order valence-electron chi connectivity index (χ0n) is 25.4. The number of hydrogen-bond acceptors (Lipinski definition) is 8. The van der Waals surface area contributed by atoms with E-state index in [1.165, 1.54) is 5.56 Å². The van der Waals surface area contributed by atoms with Gasteiger partial charge >= 0.3 is 12.1 Å². The Morgan fingerprint density at radius 1 is 0.958 bits per heavy atom. The number of carboxylic acids is 1. The lowest BCUT2D eigenvalue weighted by Gasteiger charge is -2.31. The predicted molar refractivity (Wildman–Crippen MR) is 172 cm³/mol. The van der Waals surface area contributed by atoms with Crippen molar-refractivity contribution in [2.75, 3.05) is 13.1 Å². The molecule has 0 spiro atoms. The van der Waals surface area contributed by atoms with E-state index in [-0.39, 0.29) is 5.56 Å². The highest BCUT2D eigenvalue weighted by Crippen LogP contribution is 2.33. The molecule has 0 saturated carbocycles. The number of likely N-dealkylation sites (tertiary alicyclic amines) is 1. The number of pyridine rings is 2. The van der Waals surface area contributed by atoms with Crippen molar-refractivity contribution in [3.8, 4) is 33.9 Å². The lowest BCUT2D eigenvalue weighted by molar-refractivity contribution is -0.192. The van der Waals surface area contributed by atoms with Crippen molar-refractivity contribution in [1.29, 1.82) is 0 Å². The topological polar surface area (TPSA) is 154 Å². The molecule has 6 aromatic rings. The van der Waals surface area contributed by atoms with E-state index in [9.17, 15) is 18.0 Å². The summed E-state index contributed by atoms with van der Waals surface area (Å²) in [5, 5.41) is 15.2. The molecular weight excluding hydrogens is 625 g/mol. The lowest BCUT2D eigenvalue weighted by atomic mass is 9.95. The molecule has 0 aliphatic carbocycles. The molecule has 11 nitrogen and oxygen atoms in total. The molecule has 14 heteroatoms. The highest BCUT2D eigenvalue weighted by atomic mass is 19.4. The number of fused-ring (bicyclic) bond motifs is 1. The number of aromatic nitrogens is 7. The summed E-state index contributed by atoms with van der Waals surface area (Å²) in [7, 11) is 0. The zero-order valence-corrected chi connectivity index (χ0v) is 25.4. The summed E-state index contributed by atoms with van der Waals surface area (Å²) >= 11 is 0. The number of H-pyrrole nitrogens is 2. The van der Waals surface area contributed by atoms with Crippen LogP contribution in [0.3, 0.4) is 0 Å². The first kappa shape index (κ1) is 32.2. The van der Waals surface area contributed by atoms with Crippen molar-refractivity contribution in [1.82, 2.24) is 40.0 Å². The molecule has 0 radical (unpaired) electrons. The molecule has 244 valence electrons. The van der Waals surface area contributed by atoms with E-state index in [0.29, 0.717) is 28.3 Å². The minimum absolute atomic E-state index is 0.132. The fourth-order valence-corrected chi connectivity index (χ4v) is 5.55. The predicted octanol–water partition coefficient (Wildman–Crippen LogP) is 5.85. The second-order valence-corrected chi connectivity index (χ2v) is 11.2. The largest absolute Gasteiger partial charge is 0.490 e. The second-order valence-electron chi connectivity index (χ2n) is 11.2. The van der Waals surface area contributed by atoms with E-state index in [0.717, 1.165) is 60.7 Å². The minimum atomic E-state index is -5.08. The van der Waals surface area contributed by atoms with Crippen LogP contribution in [-0.4, -0.2) is 70.4 Å². The van der Waals surface area contributed by atoms with Gasteiger partial charge in [0.1, 0.15) is 11.5 Å². The third kappa shape index (κ3) is 7.44. The van der Waals surface area contributed by atoms with Gasteiger partial charge in [-0.3, -0.25) is 19.8 Å². The normalized spacial score (nSPS) is 14.0. The van der Waals surface area contributed by atoms with Crippen LogP contribution in [0.4, 0.5) is 13.2 Å². The molecule has 0 bridgehead atoms. The highest BCUT2D eigenvalue weighted by Gasteiger charge is 2.38. The monoisotopic (exact) mass is 654 g/mol. The van der Waals surface area contributed by atoms with Crippen molar-refractivity contribution < 1.29 is 23.1 Å². The van der Waals surface area contributed by atoms with Crippen molar-refractivity contribution in [3.63, 3.8) is 0 Å². The Morgan fingerprint density at radius 2 is 1.69 bits per heavy atom. The molecular formula is C34H29F3N8O3. The number of nitrogens with zero attached hydrogens (tertiary/aromatic N) is 6. The zero-order chi connectivity index (χ0) is 33.7. The van der Waals surface area contributed by atoms with Gasteiger partial charge in [-0.05, 0) is 49.2 Å². The smallest absolute Gasteiger partial charge is 0.475 e. The van der Waals surface area contributed by atoms with Gasteiger partial charge in [-0.1, -0.05) is 54.6 Å². The van der Waals surface area contributed by atoms with Crippen LogP contribution >= 0.6 is 0 Å². The van der Waals surface area contributed by atoms with Gasteiger partial charge in [-0.25, -0.2) is 19.7 Å². The minimum Gasteiger partial charge on any atom is -0.475 e. The number of rotatable bonds is 6. The fourth-order valence-electron chi connectivity index (χ4n) is 5.55. The van der Waals surface area contributed by atoms with Crippen molar-refractivity contribution in [2.24, 2.45) is 0 Å². The van der Waals surface area contributed by atoms with Crippen molar-refractivity contribution in [2.45, 2.75) is 31.5 Å². The molecule has 1 aliphatic rings. The number of carbonyl (C=O) groups is 1. The average molecular weight is 655 g/mol. The maximum atomic E-state index is 12.5. The first-order valence-electron chi connectivity index (χ1n) is 15.0. The summed E-state index contributed by atoms with van der Waals surface area (Å²) in [5.74, 6) is -0.880. The van der Waals surface area contributed by atoms with Crippen LogP contribution in [0, 0.1) is 0 Å². The summed E-state index contributed by atoms with van der Waals surface area (Å²) in [6.45, 7) is 2.87. The van der Waals surface area contributed by atoms with Crippen LogP contribution in [0.1, 0.15) is 30.1 Å². The number of piperidine rings is 1. The van der Waals surface area contributed by atoms with Gasteiger partial charge in [-0.15, -0.1) is 0 Å². The van der Waals surface area contributed by atoms with E-state index in [1.807, 2.05) is 30.3 Å². The summed E-state index contributed by atoms with van der Waals surface area (Å²) in [6.07, 6.45) is 3.59. The summed E-state index contributed by atoms with van der Waals surface area (Å²) in [5.41, 5.74) is 6.36. The maximum Gasteiger partial charge on any atom is 0.490 e. The quantitative estimate of drug-likeness (QED) is 0.201. The molecule has 2 aromatic carbocycles. The van der Waals surface area contributed by atoms with Gasteiger partial charge in [0.05, 0.1) is 22.8 Å². The molecule has 5 heterocycles. The van der Waals surface area contributed by atoms with Crippen molar-refractivity contribution in [3.05, 3.63) is 113 Å². The molecule has 0 unspecified atom stereocenters.